The molecule has 23 heavy (non-hydrogen) atoms. The third-order valence-electron chi connectivity index (χ3n) is 4.37. The van der Waals surface area contributed by atoms with Gasteiger partial charge in [0.15, 0.2) is 6.61 Å². The second-order valence-corrected chi connectivity index (χ2v) is 6.02. The quantitative estimate of drug-likeness (QED) is 0.682. The van der Waals surface area contributed by atoms with Gasteiger partial charge in [0.1, 0.15) is 5.69 Å². The molecule has 0 aromatic carbocycles. The van der Waals surface area contributed by atoms with Crippen LogP contribution < -0.4 is 16.6 Å². The number of rotatable bonds is 4. The first kappa shape index (κ1) is 17.0. The van der Waals surface area contributed by atoms with Crippen molar-refractivity contribution in [3.8, 4) is 0 Å². The van der Waals surface area contributed by atoms with E-state index in [2.05, 4.69) is 24.1 Å². The topological polar surface area (TPSA) is 121 Å². The van der Waals surface area contributed by atoms with Crippen molar-refractivity contribution < 1.29 is 14.3 Å². The maximum atomic E-state index is 11.9. The van der Waals surface area contributed by atoms with Crippen molar-refractivity contribution in [2.75, 3.05) is 6.61 Å². The van der Waals surface area contributed by atoms with E-state index in [0.717, 1.165) is 25.3 Å². The molecule has 1 aromatic rings. The van der Waals surface area contributed by atoms with E-state index in [1.807, 2.05) is 4.98 Å². The first-order valence-electron chi connectivity index (χ1n) is 7.67. The van der Waals surface area contributed by atoms with Crippen LogP contribution in [0.25, 0.3) is 0 Å². The van der Waals surface area contributed by atoms with Gasteiger partial charge in [-0.1, -0.05) is 26.7 Å². The molecule has 3 atom stereocenters. The monoisotopic (exact) mass is 323 g/mol. The highest BCUT2D eigenvalue weighted by atomic mass is 16.5. The van der Waals surface area contributed by atoms with Crippen molar-refractivity contribution in [3.63, 3.8) is 0 Å². The predicted octanol–water partition coefficient (Wildman–Crippen LogP) is 0.161. The normalized spacial score (nSPS) is 24.0. The lowest BCUT2D eigenvalue weighted by Gasteiger charge is -2.34. The Hall–Kier alpha value is -2.38. The van der Waals surface area contributed by atoms with E-state index in [0.29, 0.717) is 11.8 Å². The molecule has 1 aliphatic carbocycles. The van der Waals surface area contributed by atoms with Gasteiger partial charge in [0.2, 0.25) is 0 Å². The molecule has 0 spiro atoms. The zero-order chi connectivity index (χ0) is 17.0. The molecular formula is C15H21N3O5. The molecule has 0 saturated heterocycles. The van der Waals surface area contributed by atoms with Gasteiger partial charge in [-0.25, -0.2) is 9.59 Å². The average molecular weight is 323 g/mol. The van der Waals surface area contributed by atoms with E-state index in [9.17, 15) is 19.2 Å². The number of esters is 1. The van der Waals surface area contributed by atoms with Crippen LogP contribution in [0.5, 0.6) is 0 Å². The summed E-state index contributed by atoms with van der Waals surface area (Å²) in [5, 5.41) is 2.87. The van der Waals surface area contributed by atoms with E-state index in [1.54, 1.807) is 0 Å². The molecule has 8 heteroatoms. The number of carbonyl (C=O) groups is 2. The highest BCUT2D eigenvalue weighted by Gasteiger charge is 2.28. The van der Waals surface area contributed by atoms with Crippen LogP contribution >= 0.6 is 0 Å². The van der Waals surface area contributed by atoms with Gasteiger partial charge in [0, 0.05) is 12.1 Å². The number of ether oxygens (including phenoxy) is 1. The second-order valence-electron chi connectivity index (χ2n) is 6.02. The number of nitrogens with one attached hydrogen (secondary N) is 3. The molecule has 3 N–H and O–H groups in total. The van der Waals surface area contributed by atoms with Crippen LogP contribution in [-0.2, 0) is 9.53 Å². The van der Waals surface area contributed by atoms with Crippen molar-refractivity contribution in [2.45, 2.75) is 39.2 Å². The average Bonchev–Trinajstić information content (AvgIpc) is 2.48. The minimum atomic E-state index is -0.923. The number of hydrogen-bond acceptors (Lipinski definition) is 5. The molecular weight excluding hydrogens is 302 g/mol. The Labute approximate surface area is 132 Å². The lowest BCUT2D eigenvalue weighted by atomic mass is 9.78. The van der Waals surface area contributed by atoms with Crippen LogP contribution in [0.1, 0.15) is 43.6 Å². The lowest BCUT2D eigenvalue weighted by Crippen LogP contribution is -2.45. The summed E-state index contributed by atoms with van der Waals surface area (Å²) in [6.45, 7) is 3.80. The Morgan fingerprint density at radius 2 is 2.00 bits per heavy atom. The molecule has 1 aromatic heterocycles. The fraction of sp³-hybridized carbons (Fsp3) is 0.600. The fourth-order valence-corrected chi connectivity index (χ4v) is 2.82. The maximum Gasteiger partial charge on any atom is 0.355 e. The highest BCUT2D eigenvalue weighted by Crippen LogP contribution is 2.29. The first-order valence-corrected chi connectivity index (χ1v) is 7.67. The van der Waals surface area contributed by atoms with Gasteiger partial charge >= 0.3 is 11.7 Å². The minimum Gasteiger partial charge on any atom is -0.451 e. The zero-order valence-electron chi connectivity index (χ0n) is 13.2. The van der Waals surface area contributed by atoms with E-state index in [4.69, 9.17) is 4.74 Å². The van der Waals surface area contributed by atoms with Crippen molar-refractivity contribution in [3.05, 3.63) is 32.6 Å². The summed E-state index contributed by atoms with van der Waals surface area (Å²) in [6, 6.07) is 0.983. The Morgan fingerprint density at radius 3 is 2.70 bits per heavy atom. The summed E-state index contributed by atoms with van der Waals surface area (Å²) in [7, 11) is 0. The van der Waals surface area contributed by atoms with Gasteiger partial charge in [-0.2, -0.15) is 0 Å². The van der Waals surface area contributed by atoms with Crippen molar-refractivity contribution in [1.29, 1.82) is 0 Å². The Kier molecular flexibility index (Phi) is 5.36. The molecule has 126 valence electrons. The molecule has 0 aliphatic heterocycles. The highest BCUT2D eigenvalue weighted by molar-refractivity contribution is 5.89. The van der Waals surface area contributed by atoms with E-state index >= 15 is 0 Å². The van der Waals surface area contributed by atoms with E-state index < -0.39 is 29.7 Å². The fourth-order valence-electron chi connectivity index (χ4n) is 2.82. The summed E-state index contributed by atoms with van der Waals surface area (Å²) >= 11 is 0. The summed E-state index contributed by atoms with van der Waals surface area (Å²) < 4.78 is 4.83. The molecule has 1 heterocycles. The Bertz CT molecular complexity index is 665. The SMILES string of the molecule is CC1CCCC(NC(=O)COC(=O)c2cc(=O)[nH]c(=O)[nH]2)C1C. The number of carbonyl (C=O) groups excluding carboxylic acids is 2. The maximum absolute atomic E-state index is 11.9. The van der Waals surface area contributed by atoms with Crippen LogP contribution in [0.2, 0.25) is 0 Å². The van der Waals surface area contributed by atoms with Gasteiger partial charge in [-0.15, -0.1) is 0 Å². The summed E-state index contributed by atoms with van der Waals surface area (Å²) in [4.78, 5) is 49.9. The second kappa shape index (κ2) is 7.26. The number of hydrogen-bond donors (Lipinski definition) is 3. The van der Waals surface area contributed by atoms with Crippen LogP contribution in [0.4, 0.5) is 0 Å². The van der Waals surface area contributed by atoms with E-state index in [-0.39, 0.29) is 11.7 Å². The molecule has 1 aliphatic rings. The zero-order valence-corrected chi connectivity index (χ0v) is 13.2. The standard InChI is InChI=1S/C15H21N3O5/c1-8-4-3-5-10(9(8)2)16-13(20)7-23-14(21)11-6-12(19)18-15(22)17-11/h6,8-10H,3-5,7H2,1-2H3,(H,16,20)(H2,17,18,19,22). The number of amides is 1. The molecule has 1 fully saturated rings. The first-order chi connectivity index (χ1) is 10.9. The molecule has 1 amide bonds. The smallest absolute Gasteiger partial charge is 0.355 e. The largest absolute Gasteiger partial charge is 0.451 e. The molecule has 3 unspecified atom stereocenters. The summed E-state index contributed by atoms with van der Waals surface area (Å²) in [6.07, 6.45) is 3.12. The Morgan fingerprint density at radius 1 is 1.26 bits per heavy atom. The molecule has 0 radical (unpaired) electrons. The molecule has 0 bridgehead atoms. The predicted molar refractivity (Wildman–Crippen MR) is 82.1 cm³/mol. The number of aromatic nitrogens is 2. The lowest BCUT2D eigenvalue weighted by molar-refractivity contribution is -0.125. The van der Waals surface area contributed by atoms with Crippen molar-refractivity contribution >= 4 is 11.9 Å². The summed E-state index contributed by atoms with van der Waals surface area (Å²) in [5.74, 6) is -0.407. The van der Waals surface area contributed by atoms with Crippen molar-refractivity contribution in [2.24, 2.45) is 11.8 Å². The van der Waals surface area contributed by atoms with Crippen molar-refractivity contribution in [1.82, 2.24) is 15.3 Å². The Balaban J connectivity index is 1.87. The summed E-state index contributed by atoms with van der Waals surface area (Å²) in [5.41, 5.74) is -1.81. The van der Waals surface area contributed by atoms with Crippen LogP contribution in [0.3, 0.4) is 0 Å². The van der Waals surface area contributed by atoms with Gasteiger partial charge in [0.05, 0.1) is 0 Å². The molecule has 2 rings (SSSR count). The van der Waals surface area contributed by atoms with Gasteiger partial charge < -0.3 is 15.0 Å². The van der Waals surface area contributed by atoms with Crippen LogP contribution in [0, 0.1) is 11.8 Å². The third kappa shape index (κ3) is 4.54. The van der Waals surface area contributed by atoms with Gasteiger partial charge in [-0.3, -0.25) is 14.6 Å². The molecule has 1 saturated carbocycles. The van der Waals surface area contributed by atoms with Gasteiger partial charge in [0.25, 0.3) is 11.5 Å². The van der Waals surface area contributed by atoms with Crippen LogP contribution in [0.15, 0.2) is 15.7 Å². The van der Waals surface area contributed by atoms with Crippen LogP contribution in [-0.4, -0.2) is 34.5 Å². The number of aromatic amines is 2. The third-order valence-corrected chi connectivity index (χ3v) is 4.37. The van der Waals surface area contributed by atoms with E-state index in [1.165, 1.54) is 0 Å². The molecule has 8 nitrogen and oxygen atoms in total. The number of H-pyrrole nitrogens is 2. The minimum absolute atomic E-state index is 0.0735. The van der Waals surface area contributed by atoms with Gasteiger partial charge in [-0.05, 0) is 18.3 Å².